The molecule has 0 aliphatic carbocycles. The van der Waals surface area contributed by atoms with Gasteiger partial charge in [0.1, 0.15) is 5.75 Å². The van der Waals surface area contributed by atoms with E-state index in [0.717, 1.165) is 24.4 Å². The second-order valence-electron chi connectivity index (χ2n) is 5.71. The van der Waals surface area contributed by atoms with E-state index in [1.807, 2.05) is 36.2 Å². The van der Waals surface area contributed by atoms with Crippen molar-refractivity contribution in [3.8, 4) is 5.75 Å². The molecule has 0 saturated heterocycles. The summed E-state index contributed by atoms with van der Waals surface area (Å²) in [6.45, 7) is 5.40. The van der Waals surface area contributed by atoms with Gasteiger partial charge in [-0.25, -0.2) is 0 Å². The molecule has 3 N–H and O–H groups in total. The minimum absolute atomic E-state index is 0.0271. The highest BCUT2D eigenvalue weighted by Crippen LogP contribution is 2.14. The van der Waals surface area contributed by atoms with Crippen molar-refractivity contribution < 1.29 is 9.53 Å². The fourth-order valence-electron chi connectivity index (χ4n) is 1.90. The van der Waals surface area contributed by atoms with Crippen LogP contribution in [-0.2, 0) is 4.79 Å². The van der Waals surface area contributed by atoms with Crippen molar-refractivity contribution in [2.45, 2.75) is 26.3 Å². The first-order valence-electron chi connectivity index (χ1n) is 7.30. The Kier molecular flexibility index (Phi) is 7.19. The molecule has 0 aliphatic heterocycles. The maximum absolute atomic E-state index is 11.9. The number of hydrogen-bond acceptors (Lipinski definition) is 4. The number of likely N-dealkylation sites (N-methyl/N-ethyl adjacent to an activating group) is 1. The fraction of sp³-hybridized carbons (Fsp3) is 0.562. The third-order valence-corrected chi connectivity index (χ3v) is 3.49. The lowest BCUT2D eigenvalue weighted by atomic mass is 10.0. The SMILES string of the molecule is COc1ccc(NC(=O)CN(C)CCC(N)C(C)C)cc1. The highest BCUT2D eigenvalue weighted by Gasteiger charge is 2.11. The summed E-state index contributed by atoms with van der Waals surface area (Å²) in [5, 5.41) is 2.87. The topological polar surface area (TPSA) is 67.6 Å². The second kappa shape index (κ2) is 8.64. The van der Waals surface area contributed by atoms with Gasteiger partial charge < -0.3 is 15.8 Å². The van der Waals surface area contributed by atoms with Crippen LogP contribution in [0.3, 0.4) is 0 Å². The van der Waals surface area contributed by atoms with Gasteiger partial charge in [0.15, 0.2) is 0 Å². The van der Waals surface area contributed by atoms with Crippen molar-refractivity contribution in [2.24, 2.45) is 11.7 Å². The van der Waals surface area contributed by atoms with Crippen LogP contribution in [0.5, 0.6) is 5.75 Å². The van der Waals surface area contributed by atoms with E-state index in [2.05, 4.69) is 19.2 Å². The Morgan fingerprint density at radius 2 is 1.95 bits per heavy atom. The van der Waals surface area contributed by atoms with Gasteiger partial charge in [0, 0.05) is 11.7 Å². The maximum Gasteiger partial charge on any atom is 0.238 e. The first-order valence-corrected chi connectivity index (χ1v) is 7.30. The number of methoxy groups -OCH3 is 1. The minimum Gasteiger partial charge on any atom is -0.497 e. The summed E-state index contributed by atoms with van der Waals surface area (Å²) in [5.41, 5.74) is 6.78. The molecule has 1 rings (SSSR count). The Balaban J connectivity index is 2.35. The number of nitrogens with one attached hydrogen (secondary N) is 1. The summed E-state index contributed by atoms with van der Waals surface area (Å²) >= 11 is 0. The van der Waals surface area contributed by atoms with Crippen LogP contribution in [0.25, 0.3) is 0 Å². The lowest BCUT2D eigenvalue weighted by molar-refractivity contribution is -0.117. The number of carbonyl (C=O) groups excluding carboxylic acids is 1. The first kappa shape index (κ1) is 17.5. The Hall–Kier alpha value is -1.59. The van der Waals surface area contributed by atoms with E-state index >= 15 is 0 Å². The third-order valence-electron chi connectivity index (χ3n) is 3.49. The van der Waals surface area contributed by atoms with E-state index in [1.54, 1.807) is 7.11 Å². The van der Waals surface area contributed by atoms with Crippen LogP contribution in [-0.4, -0.2) is 44.1 Å². The van der Waals surface area contributed by atoms with Crippen LogP contribution in [0, 0.1) is 5.92 Å². The second-order valence-corrected chi connectivity index (χ2v) is 5.71. The predicted molar refractivity (Wildman–Crippen MR) is 86.6 cm³/mol. The van der Waals surface area contributed by atoms with Crippen LogP contribution >= 0.6 is 0 Å². The van der Waals surface area contributed by atoms with Gasteiger partial charge in [-0.2, -0.15) is 0 Å². The highest BCUT2D eigenvalue weighted by atomic mass is 16.5. The van der Waals surface area contributed by atoms with Gasteiger partial charge in [-0.1, -0.05) is 13.8 Å². The fourth-order valence-corrected chi connectivity index (χ4v) is 1.90. The third kappa shape index (κ3) is 6.60. The predicted octanol–water partition coefficient (Wildman–Crippen LogP) is 1.94. The van der Waals surface area contributed by atoms with Crippen molar-refractivity contribution >= 4 is 11.6 Å². The van der Waals surface area contributed by atoms with Gasteiger partial charge >= 0.3 is 0 Å². The monoisotopic (exact) mass is 293 g/mol. The zero-order chi connectivity index (χ0) is 15.8. The summed E-state index contributed by atoms with van der Waals surface area (Å²) in [6.07, 6.45) is 0.893. The number of benzene rings is 1. The number of nitrogens with two attached hydrogens (primary N) is 1. The van der Waals surface area contributed by atoms with E-state index < -0.39 is 0 Å². The first-order chi connectivity index (χ1) is 9.92. The van der Waals surface area contributed by atoms with Gasteiger partial charge in [0.05, 0.1) is 13.7 Å². The molecule has 0 bridgehead atoms. The molecular formula is C16H27N3O2. The van der Waals surface area contributed by atoms with Crippen LogP contribution in [0.15, 0.2) is 24.3 Å². The number of rotatable bonds is 8. The molecule has 21 heavy (non-hydrogen) atoms. The van der Waals surface area contributed by atoms with Crippen molar-refractivity contribution in [1.82, 2.24) is 4.90 Å². The number of nitrogens with zero attached hydrogens (tertiary/aromatic N) is 1. The lowest BCUT2D eigenvalue weighted by Gasteiger charge is -2.20. The van der Waals surface area contributed by atoms with Gasteiger partial charge in [0.25, 0.3) is 0 Å². The van der Waals surface area contributed by atoms with Crippen molar-refractivity contribution in [1.29, 1.82) is 0 Å². The van der Waals surface area contributed by atoms with Crippen LogP contribution < -0.4 is 15.8 Å². The molecule has 1 atom stereocenters. The standard InChI is InChI=1S/C16H27N3O2/c1-12(2)15(17)9-10-19(3)11-16(20)18-13-5-7-14(21-4)8-6-13/h5-8,12,15H,9-11,17H2,1-4H3,(H,18,20). The molecule has 1 unspecified atom stereocenters. The average molecular weight is 293 g/mol. The van der Waals surface area contributed by atoms with Crippen LogP contribution in [0.4, 0.5) is 5.69 Å². The molecule has 1 amide bonds. The van der Waals surface area contributed by atoms with Gasteiger partial charge in [0.2, 0.25) is 5.91 Å². The quantitative estimate of drug-likeness (QED) is 0.768. The largest absolute Gasteiger partial charge is 0.497 e. The molecule has 5 nitrogen and oxygen atoms in total. The molecule has 0 heterocycles. The molecule has 0 radical (unpaired) electrons. The molecular weight excluding hydrogens is 266 g/mol. The molecule has 1 aromatic rings. The number of amides is 1. The summed E-state index contributed by atoms with van der Waals surface area (Å²) in [7, 11) is 3.55. The van der Waals surface area contributed by atoms with E-state index in [9.17, 15) is 4.79 Å². The molecule has 0 fully saturated rings. The Bertz CT molecular complexity index is 432. The van der Waals surface area contributed by atoms with Crippen molar-refractivity contribution in [3.05, 3.63) is 24.3 Å². The van der Waals surface area contributed by atoms with Gasteiger partial charge in [-0.3, -0.25) is 9.69 Å². The molecule has 0 spiro atoms. The number of hydrogen-bond donors (Lipinski definition) is 2. The number of ether oxygens (including phenoxy) is 1. The zero-order valence-corrected chi connectivity index (χ0v) is 13.4. The van der Waals surface area contributed by atoms with Gasteiger partial charge in [-0.05, 0) is 50.2 Å². The molecule has 1 aromatic carbocycles. The Morgan fingerprint density at radius 1 is 1.33 bits per heavy atom. The molecule has 118 valence electrons. The normalized spacial score (nSPS) is 12.5. The van der Waals surface area contributed by atoms with E-state index in [1.165, 1.54) is 0 Å². The molecule has 5 heteroatoms. The Labute approximate surface area is 127 Å². The van der Waals surface area contributed by atoms with Crippen molar-refractivity contribution in [3.63, 3.8) is 0 Å². The number of carbonyl (C=O) groups is 1. The van der Waals surface area contributed by atoms with E-state index in [-0.39, 0.29) is 11.9 Å². The average Bonchev–Trinajstić information content (AvgIpc) is 2.45. The molecule has 0 aliphatic rings. The zero-order valence-electron chi connectivity index (χ0n) is 13.4. The van der Waals surface area contributed by atoms with Crippen LogP contribution in [0.2, 0.25) is 0 Å². The van der Waals surface area contributed by atoms with Crippen LogP contribution in [0.1, 0.15) is 20.3 Å². The summed E-state index contributed by atoms with van der Waals surface area (Å²) in [6, 6.07) is 7.47. The minimum atomic E-state index is -0.0271. The van der Waals surface area contributed by atoms with Crippen molar-refractivity contribution in [2.75, 3.05) is 32.6 Å². The highest BCUT2D eigenvalue weighted by molar-refractivity contribution is 5.92. The van der Waals surface area contributed by atoms with E-state index in [4.69, 9.17) is 10.5 Å². The summed E-state index contributed by atoms with van der Waals surface area (Å²) < 4.78 is 5.08. The molecule has 0 aromatic heterocycles. The molecule has 0 saturated carbocycles. The lowest BCUT2D eigenvalue weighted by Crippen LogP contribution is -2.35. The number of anilines is 1. The van der Waals surface area contributed by atoms with Gasteiger partial charge in [-0.15, -0.1) is 0 Å². The maximum atomic E-state index is 11.9. The summed E-state index contributed by atoms with van der Waals surface area (Å²) in [5.74, 6) is 1.21. The summed E-state index contributed by atoms with van der Waals surface area (Å²) in [4.78, 5) is 13.9. The van der Waals surface area contributed by atoms with E-state index in [0.29, 0.717) is 12.5 Å². The Morgan fingerprint density at radius 3 is 2.48 bits per heavy atom. The smallest absolute Gasteiger partial charge is 0.238 e.